The van der Waals surface area contributed by atoms with Gasteiger partial charge >= 0.3 is 0 Å². The molecule has 0 aromatic heterocycles. The number of methoxy groups -OCH3 is 1. The molecule has 2 nitrogen and oxygen atoms in total. The highest BCUT2D eigenvalue weighted by Crippen LogP contribution is 2.34. The number of benzene rings is 1. The Morgan fingerprint density at radius 3 is 2.53 bits per heavy atom. The van der Waals surface area contributed by atoms with Gasteiger partial charge in [-0.2, -0.15) is 0 Å². The summed E-state index contributed by atoms with van der Waals surface area (Å²) in [7, 11) is 1.58. The molecule has 1 rings (SSSR count). The van der Waals surface area contributed by atoms with Crippen LogP contribution >= 0.6 is 0 Å². The molecule has 0 radical (unpaired) electrons. The van der Waals surface area contributed by atoms with Crippen molar-refractivity contribution in [1.29, 1.82) is 0 Å². The van der Waals surface area contributed by atoms with Crippen LogP contribution in [0, 0.1) is 0 Å². The summed E-state index contributed by atoms with van der Waals surface area (Å²) in [6.07, 6.45) is 2.27. The van der Waals surface area contributed by atoms with Gasteiger partial charge < -0.3 is 9.84 Å². The van der Waals surface area contributed by atoms with Crippen LogP contribution in [0.2, 0.25) is 0 Å². The predicted octanol–water partition coefficient (Wildman–Crippen LogP) is 3.48. The number of hydrogen-bond acceptors (Lipinski definition) is 2. The van der Waals surface area contributed by atoms with Crippen molar-refractivity contribution in [2.75, 3.05) is 7.11 Å². The maximum Gasteiger partial charge on any atom is 0.160 e. The fourth-order valence-corrected chi connectivity index (χ4v) is 1.87. The molecule has 0 spiro atoms. The minimum atomic E-state index is 0.135. The van der Waals surface area contributed by atoms with Crippen LogP contribution < -0.4 is 4.74 Å². The van der Waals surface area contributed by atoms with Gasteiger partial charge in [-0.15, -0.1) is 0 Å². The fraction of sp³-hybridized carbons (Fsp3) is 0.538. The number of phenols is 1. The third-order valence-electron chi connectivity index (χ3n) is 2.84. The van der Waals surface area contributed by atoms with E-state index in [1.807, 2.05) is 12.1 Å². The van der Waals surface area contributed by atoms with Crippen LogP contribution in [0.25, 0.3) is 0 Å². The molecule has 84 valence electrons. The molecule has 2 heteroatoms. The Balaban J connectivity index is 3.04. The van der Waals surface area contributed by atoms with Crippen molar-refractivity contribution in [2.45, 2.75) is 39.0 Å². The summed E-state index contributed by atoms with van der Waals surface area (Å²) in [5.74, 6) is 0.755. The zero-order valence-corrected chi connectivity index (χ0v) is 10.0. The van der Waals surface area contributed by atoms with E-state index in [0.717, 1.165) is 12.8 Å². The monoisotopic (exact) mass is 208 g/mol. The van der Waals surface area contributed by atoms with Crippen LogP contribution in [0.3, 0.4) is 0 Å². The Morgan fingerprint density at radius 1 is 1.33 bits per heavy atom. The first-order chi connectivity index (χ1) is 7.01. The number of ether oxygens (including phenoxy) is 1. The van der Waals surface area contributed by atoms with Gasteiger partial charge in [0.2, 0.25) is 0 Å². The molecule has 0 atom stereocenters. The lowest BCUT2D eigenvalue weighted by Gasteiger charge is -2.25. The van der Waals surface area contributed by atoms with E-state index in [9.17, 15) is 5.11 Å². The third kappa shape index (κ3) is 2.65. The van der Waals surface area contributed by atoms with Crippen molar-refractivity contribution in [2.24, 2.45) is 0 Å². The average Bonchev–Trinajstić information content (AvgIpc) is 2.18. The molecule has 0 fully saturated rings. The van der Waals surface area contributed by atoms with E-state index in [1.165, 1.54) is 5.56 Å². The van der Waals surface area contributed by atoms with Crippen molar-refractivity contribution in [3.63, 3.8) is 0 Å². The number of hydrogen-bond donors (Lipinski definition) is 1. The fourth-order valence-electron chi connectivity index (χ4n) is 1.87. The van der Waals surface area contributed by atoms with E-state index in [1.54, 1.807) is 13.2 Å². The number of aromatic hydroxyl groups is 1. The van der Waals surface area contributed by atoms with E-state index in [4.69, 9.17) is 4.74 Å². The molecule has 0 saturated carbocycles. The Hall–Kier alpha value is -1.18. The first kappa shape index (κ1) is 11.9. The molecule has 1 N–H and O–H groups in total. The summed E-state index contributed by atoms with van der Waals surface area (Å²) in [4.78, 5) is 0. The maximum absolute atomic E-state index is 9.51. The molecule has 0 aliphatic heterocycles. The van der Waals surface area contributed by atoms with E-state index in [0.29, 0.717) is 5.75 Å². The van der Waals surface area contributed by atoms with Crippen molar-refractivity contribution in [3.05, 3.63) is 23.8 Å². The molecule has 0 heterocycles. The van der Waals surface area contributed by atoms with Crippen LogP contribution in [0.1, 0.15) is 39.2 Å². The SMILES string of the molecule is CCCC(C)(C)c1ccc(O)c(OC)c1. The Morgan fingerprint density at radius 2 is 2.00 bits per heavy atom. The van der Waals surface area contributed by atoms with Gasteiger partial charge in [0, 0.05) is 0 Å². The third-order valence-corrected chi connectivity index (χ3v) is 2.84. The Kier molecular flexibility index (Phi) is 3.61. The van der Waals surface area contributed by atoms with E-state index in [-0.39, 0.29) is 11.2 Å². The molecule has 0 unspecified atom stereocenters. The first-order valence-electron chi connectivity index (χ1n) is 5.38. The molecule has 1 aromatic rings. The van der Waals surface area contributed by atoms with E-state index < -0.39 is 0 Å². The summed E-state index contributed by atoms with van der Waals surface area (Å²) in [6.45, 7) is 6.60. The van der Waals surface area contributed by atoms with Crippen LogP contribution in [-0.2, 0) is 5.41 Å². The summed E-state index contributed by atoms with van der Waals surface area (Å²) in [5.41, 5.74) is 1.34. The molecule has 0 aliphatic rings. The van der Waals surface area contributed by atoms with E-state index in [2.05, 4.69) is 20.8 Å². The lowest BCUT2D eigenvalue weighted by molar-refractivity contribution is 0.370. The Bertz CT molecular complexity index is 329. The Labute approximate surface area is 91.9 Å². The molecule has 0 amide bonds. The van der Waals surface area contributed by atoms with Crippen LogP contribution in [0.15, 0.2) is 18.2 Å². The van der Waals surface area contributed by atoms with Crippen molar-refractivity contribution in [3.8, 4) is 11.5 Å². The van der Waals surface area contributed by atoms with Crippen molar-refractivity contribution < 1.29 is 9.84 Å². The first-order valence-corrected chi connectivity index (χ1v) is 5.38. The molecular formula is C13H20O2. The van der Waals surface area contributed by atoms with Gasteiger partial charge in [0.05, 0.1) is 7.11 Å². The summed E-state index contributed by atoms with van der Waals surface area (Å²) < 4.78 is 5.11. The smallest absolute Gasteiger partial charge is 0.160 e. The predicted molar refractivity (Wildman–Crippen MR) is 62.6 cm³/mol. The molecule has 15 heavy (non-hydrogen) atoms. The second kappa shape index (κ2) is 4.56. The van der Waals surface area contributed by atoms with Gasteiger partial charge in [0.15, 0.2) is 11.5 Å². The highest BCUT2D eigenvalue weighted by molar-refractivity contribution is 5.43. The van der Waals surface area contributed by atoms with Gasteiger partial charge in [-0.1, -0.05) is 33.3 Å². The molecular weight excluding hydrogens is 188 g/mol. The highest BCUT2D eigenvalue weighted by Gasteiger charge is 2.20. The number of rotatable bonds is 4. The second-order valence-electron chi connectivity index (χ2n) is 4.52. The number of phenolic OH excluding ortho intramolecular Hbond substituents is 1. The average molecular weight is 208 g/mol. The van der Waals surface area contributed by atoms with Crippen molar-refractivity contribution in [1.82, 2.24) is 0 Å². The van der Waals surface area contributed by atoms with Gasteiger partial charge in [-0.25, -0.2) is 0 Å². The minimum absolute atomic E-state index is 0.135. The zero-order valence-electron chi connectivity index (χ0n) is 10.0. The largest absolute Gasteiger partial charge is 0.504 e. The van der Waals surface area contributed by atoms with Gasteiger partial charge in [0.25, 0.3) is 0 Å². The van der Waals surface area contributed by atoms with Crippen LogP contribution in [-0.4, -0.2) is 12.2 Å². The lowest BCUT2D eigenvalue weighted by atomic mass is 9.80. The summed E-state index contributed by atoms with van der Waals surface area (Å²) >= 11 is 0. The summed E-state index contributed by atoms with van der Waals surface area (Å²) in [6, 6.07) is 5.59. The van der Waals surface area contributed by atoms with Gasteiger partial charge in [-0.3, -0.25) is 0 Å². The lowest BCUT2D eigenvalue weighted by Crippen LogP contribution is -2.16. The normalized spacial score (nSPS) is 11.5. The van der Waals surface area contributed by atoms with E-state index >= 15 is 0 Å². The summed E-state index contributed by atoms with van der Waals surface area (Å²) in [5, 5.41) is 9.51. The van der Waals surface area contributed by atoms with Crippen LogP contribution in [0.5, 0.6) is 11.5 Å². The molecule has 0 aliphatic carbocycles. The second-order valence-corrected chi connectivity index (χ2v) is 4.52. The zero-order chi connectivity index (χ0) is 11.5. The maximum atomic E-state index is 9.51. The quantitative estimate of drug-likeness (QED) is 0.820. The van der Waals surface area contributed by atoms with Gasteiger partial charge in [-0.05, 0) is 29.5 Å². The van der Waals surface area contributed by atoms with Gasteiger partial charge in [0.1, 0.15) is 0 Å². The van der Waals surface area contributed by atoms with Crippen LogP contribution in [0.4, 0.5) is 0 Å². The molecule has 0 saturated heterocycles. The van der Waals surface area contributed by atoms with Crippen molar-refractivity contribution >= 4 is 0 Å². The molecule has 0 bridgehead atoms. The standard InChI is InChI=1S/C13H20O2/c1-5-8-13(2,3)10-6-7-11(14)12(9-10)15-4/h6-7,9,14H,5,8H2,1-4H3. The molecule has 1 aromatic carbocycles. The topological polar surface area (TPSA) is 29.5 Å². The minimum Gasteiger partial charge on any atom is -0.504 e. The highest BCUT2D eigenvalue weighted by atomic mass is 16.5.